The lowest BCUT2D eigenvalue weighted by atomic mass is 10.4. The topological polar surface area (TPSA) is 59.4 Å². The van der Waals surface area contributed by atoms with E-state index in [0.717, 1.165) is 19.5 Å². The minimum Gasteiger partial charge on any atom is -0.378 e. The van der Waals surface area contributed by atoms with Gasteiger partial charge in [0.05, 0.1) is 13.2 Å². The van der Waals surface area contributed by atoms with Gasteiger partial charge in [0.25, 0.3) is 5.56 Å². The molecule has 108 valence electrons. The Balaban J connectivity index is 2.33. The molecule has 0 bridgehead atoms. The van der Waals surface area contributed by atoms with Crippen molar-refractivity contribution in [1.82, 2.24) is 14.5 Å². The summed E-state index contributed by atoms with van der Waals surface area (Å²) in [6.45, 7) is 5.50. The van der Waals surface area contributed by atoms with E-state index in [1.54, 1.807) is 17.0 Å². The average Bonchev–Trinajstić information content (AvgIpc) is 2.37. The van der Waals surface area contributed by atoms with Crippen LogP contribution in [0, 0.1) is 0 Å². The van der Waals surface area contributed by atoms with Crippen LogP contribution in [0.1, 0.15) is 13.3 Å². The van der Waals surface area contributed by atoms with Gasteiger partial charge >= 0.3 is 0 Å². The number of rotatable bonds is 9. The molecule has 1 aromatic heterocycles. The monoisotopic (exact) mass is 268 g/mol. The van der Waals surface area contributed by atoms with Crippen LogP contribution < -0.4 is 10.9 Å². The highest BCUT2D eigenvalue weighted by Crippen LogP contribution is 1.93. The van der Waals surface area contributed by atoms with E-state index >= 15 is 0 Å². The maximum absolute atomic E-state index is 12.0. The largest absolute Gasteiger partial charge is 0.378 e. The summed E-state index contributed by atoms with van der Waals surface area (Å²) < 4.78 is 7.11. The SMILES string of the molecule is CCCn1ccnc(NCCOCCN(C)C)c1=O. The highest BCUT2D eigenvalue weighted by molar-refractivity contribution is 5.30. The molecule has 1 heterocycles. The molecule has 19 heavy (non-hydrogen) atoms. The minimum atomic E-state index is -0.0716. The van der Waals surface area contributed by atoms with Gasteiger partial charge in [-0.3, -0.25) is 4.79 Å². The Labute approximate surface area is 114 Å². The van der Waals surface area contributed by atoms with Crippen LogP contribution in [-0.2, 0) is 11.3 Å². The van der Waals surface area contributed by atoms with Gasteiger partial charge in [0.2, 0.25) is 0 Å². The molecule has 0 aliphatic carbocycles. The fraction of sp³-hybridized carbons (Fsp3) is 0.692. The molecule has 1 N–H and O–H groups in total. The van der Waals surface area contributed by atoms with Gasteiger partial charge < -0.3 is 19.5 Å². The van der Waals surface area contributed by atoms with Gasteiger partial charge in [-0.25, -0.2) is 4.98 Å². The smallest absolute Gasteiger partial charge is 0.293 e. The van der Waals surface area contributed by atoms with Crippen LogP contribution in [0.15, 0.2) is 17.2 Å². The summed E-state index contributed by atoms with van der Waals surface area (Å²) in [6.07, 6.45) is 4.29. The van der Waals surface area contributed by atoms with Gasteiger partial charge in [-0.1, -0.05) is 6.92 Å². The average molecular weight is 268 g/mol. The van der Waals surface area contributed by atoms with Gasteiger partial charge in [-0.15, -0.1) is 0 Å². The Hall–Kier alpha value is -1.40. The highest BCUT2D eigenvalue weighted by atomic mass is 16.5. The van der Waals surface area contributed by atoms with Crippen molar-refractivity contribution in [2.45, 2.75) is 19.9 Å². The molecule has 0 amide bonds. The third-order valence-electron chi connectivity index (χ3n) is 2.60. The fourth-order valence-corrected chi connectivity index (χ4v) is 1.58. The molecule has 6 heteroatoms. The van der Waals surface area contributed by atoms with Gasteiger partial charge in [-0.2, -0.15) is 0 Å². The van der Waals surface area contributed by atoms with Gasteiger partial charge in [0.15, 0.2) is 5.82 Å². The Morgan fingerprint density at radius 1 is 1.42 bits per heavy atom. The zero-order chi connectivity index (χ0) is 14.1. The molecule has 0 saturated heterocycles. The quantitative estimate of drug-likeness (QED) is 0.666. The van der Waals surface area contributed by atoms with E-state index < -0.39 is 0 Å². The molecule has 0 atom stereocenters. The summed E-state index contributed by atoms with van der Waals surface area (Å²) in [5.74, 6) is 0.396. The Morgan fingerprint density at radius 2 is 2.21 bits per heavy atom. The predicted octanol–water partition coefficient (Wildman–Crippen LogP) is 0.643. The second-order valence-corrected chi connectivity index (χ2v) is 4.62. The van der Waals surface area contributed by atoms with Crippen molar-refractivity contribution in [2.24, 2.45) is 0 Å². The number of hydrogen-bond donors (Lipinski definition) is 1. The van der Waals surface area contributed by atoms with Crippen molar-refractivity contribution in [3.63, 3.8) is 0 Å². The van der Waals surface area contributed by atoms with E-state index in [1.807, 2.05) is 21.0 Å². The molecule has 0 unspecified atom stereocenters. The van der Waals surface area contributed by atoms with E-state index in [-0.39, 0.29) is 5.56 Å². The first-order chi connectivity index (χ1) is 9.15. The third kappa shape index (κ3) is 5.85. The summed E-state index contributed by atoms with van der Waals surface area (Å²) >= 11 is 0. The lowest BCUT2D eigenvalue weighted by Gasteiger charge is -2.11. The summed E-state index contributed by atoms with van der Waals surface area (Å²) in [4.78, 5) is 18.1. The molecule has 0 aliphatic rings. The van der Waals surface area contributed by atoms with Crippen molar-refractivity contribution >= 4 is 5.82 Å². The number of aryl methyl sites for hydroxylation is 1. The number of nitrogens with one attached hydrogen (secondary N) is 1. The summed E-state index contributed by atoms with van der Waals surface area (Å²) in [5.41, 5.74) is -0.0716. The van der Waals surface area contributed by atoms with Crippen LogP contribution in [0.3, 0.4) is 0 Å². The van der Waals surface area contributed by atoms with Crippen molar-refractivity contribution in [2.75, 3.05) is 45.7 Å². The third-order valence-corrected chi connectivity index (χ3v) is 2.60. The molecule has 0 fully saturated rings. The van der Waals surface area contributed by atoms with Crippen molar-refractivity contribution in [3.8, 4) is 0 Å². The molecule has 0 saturated carbocycles. The molecule has 1 rings (SSSR count). The molecule has 0 radical (unpaired) electrons. The van der Waals surface area contributed by atoms with E-state index in [1.165, 1.54) is 0 Å². The van der Waals surface area contributed by atoms with Crippen LogP contribution >= 0.6 is 0 Å². The van der Waals surface area contributed by atoms with Gasteiger partial charge in [0, 0.05) is 32.0 Å². The van der Waals surface area contributed by atoms with E-state index in [9.17, 15) is 4.79 Å². The van der Waals surface area contributed by atoms with Crippen molar-refractivity contribution in [3.05, 3.63) is 22.7 Å². The Morgan fingerprint density at radius 3 is 2.89 bits per heavy atom. The highest BCUT2D eigenvalue weighted by Gasteiger charge is 2.03. The molecular weight excluding hydrogens is 244 g/mol. The number of hydrogen-bond acceptors (Lipinski definition) is 5. The molecule has 0 spiro atoms. The second-order valence-electron chi connectivity index (χ2n) is 4.62. The normalized spacial score (nSPS) is 10.9. The number of aromatic nitrogens is 2. The summed E-state index contributed by atoms with van der Waals surface area (Å²) in [6, 6.07) is 0. The number of likely N-dealkylation sites (N-methyl/N-ethyl adjacent to an activating group) is 1. The molecular formula is C13H24N4O2. The zero-order valence-corrected chi connectivity index (χ0v) is 12.1. The Kier molecular flexibility index (Phi) is 7.14. The zero-order valence-electron chi connectivity index (χ0n) is 12.1. The van der Waals surface area contributed by atoms with Crippen LogP contribution in [0.2, 0.25) is 0 Å². The maximum Gasteiger partial charge on any atom is 0.293 e. The lowest BCUT2D eigenvalue weighted by molar-refractivity contribution is 0.126. The fourth-order valence-electron chi connectivity index (χ4n) is 1.58. The molecule has 6 nitrogen and oxygen atoms in total. The van der Waals surface area contributed by atoms with E-state index in [2.05, 4.69) is 15.2 Å². The number of ether oxygens (including phenoxy) is 1. The molecule has 0 aromatic carbocycles. The summed E-state index contributed by atoms with van der Waals surface area (Å²) in [5, 5.41) is 3.02. The van der Waals surface area contributed by atoms with Crippen molar-refractivity contribution < 1.29 is 4.74 Å². The van der Waals surface area contributed by atoms with E-state index in [0.29, 0.717) is 25.6 Å². The first-order valence-corrected chi connectivity index (χ1v) is 6.67. The van der Waals surface area contributed by atoms with Crippen LogP contribution in [0.4, 0.5) is 5.82 Å². The molecule has 1 aromatic rings. The standard InChI is InChI=1S/C13H24N4O2/c1-4-7-17-8-5-14-12(13(17)18)15-6-10-19-11-9-16(2)3/h5,8H,4,6-7,9-11H2,1-3H3,(H,14,15). The second kappa shape index (κ2) is 8.66. The van der Waals surface area contributed by atoms with Crippen LogP contribution in [0.25, 0.3) is 0 Å². The van der Waals surface area contributed by atoms with E-state index in [4.69, 9.17) is 4.74 Å². The predicted molar refractivity (Wildman–Crippen MR) is 76.7 cm³/mol. The Bertz CT molecular complexity index is 417. The minimum absolute atomic E-state index is 0.0716. The van der Waals surface area contributed by atoms with Crippen LogP contribution in [-0.4, -0.2) is 54.8 Å². The maximum atomic E-state index is 12.0. The van der Waals surface area contributed by atoms with Gasteiger partial charge in [-0.05, 0) is 20.5 Å². The first kappa shape index (κ1) is 15.7. The molecule has 0 aliphatic heterocycles. The first-order valence-electron chi connectivity index (χ1n) is 6.67. The summed E-state index contributed by atoms with van der Waals surface area (Å²) in [7, 11) is 4.01. The van der Waals surface area contributed by atoms with Crippen molar-refractivity contribution in [1.29, 1.82) is 0 Å². The number of anilines is 1. The lowest BCUT2D eigenvalue weighted by Crippen LogP contribution is -2.26. The number of nitrogens with zero attached hydrogens (tertiary/aromatic N) is 3. The van der Waals surface area contributed by atoms with Gasteiger partial charge in [0.1, 0.15) is 0 Å². The van der Waals surface area contributed by atoms with Crippen LogP contribution in [0.5, 0.6) is 0 Å².